The van der Waals surface area contributed by atoms with Gasteiger partial charge < -0.3 is 15.4 Å². The van der Waals surface area contributed by atoms with E-state index < -0.39 is 11.3 Å². The molecule has 0 saturated heterocycles. The Morgan fingerprint density at radius 1 is 1.07 bits per heavy atom. The summed E-state index contributed by atoms with van der Waals surface area (Å²) in [4.78, 5) is 37.9. The van der Waals surface area contributed by atoms with Crippen LogP contribution in [0.2, 0.25) is 0 Å². The zero-order valence-electron chi connectivity index (χ0n) is 16.9. The van der Waals surface area contributed by atoms with Crippen LogP contribution in [-0.4, -0.2) is 34.8 Å². The maximum Gasteiger partial charge on any atom is 0.312 e. The summed E-state index contributed by atoms with van der Waals surface area (Å²) in [6.45, 7) is -0.330. The molecule has 0 radical (unpaired) electrons. The molecule has 30 heavy (non-hydrogen) atoms. The van der Waals surface area contributed by atoms with E-state index >= 15 is 0 Å². The highest BCUT2D eigenvalue weighted by Crippen LogP contribution is 2.64. The maximum absolute atomic E-state index is 13.0. The Morgan fingerprint density at radius 3 is 2.43 bits per heavy atom. The molecule has 2 atom stereocenters. The summed E-state index contributed by atoms with van der Waals surface area (Å²) in [6, 6.07) is 7.14. The van der Waals surface area contributed by atoms with Gasteiger partial charge >= 0.3 is 5.97 Å². The van der Waals surface area contributed by atoms with Gasteiger partial charge in [0.1, 0.15) is 0 Å². The lowest BCUT2D eigenvalue weighted by molar-refractivity contribution is -0.170. The number of ether oxygens (including phenoxy) is 1. The number of para-hydroxylation sites is 1. The summed E-state index contributed by atoms with van der Waals surface area (Å²) in [5.74, 6) is 0.290. The second-order valence-electron chi connectivity index (χ2n) is 9.81. The van der Waals surface area contributed by atoms with Crippen LogP contribution in [0.5, 0.6) is 0 Å². The zero-order valence-corrected chi connectivity index (χ0v) is 18.5. The van der Waals surface area contributed by atoms with Crippen molar-refractivity contribution >= 4 is 39.4 Å². The van der Waals surface area contributed by atoms with Crippen LogP contribution in [0.1, 0.15) is 61.7 Å². The molecule has 160 valence electrons. The van der Waals surface area contributed by atoms with Gasteiger partial charge in [-0.15, -0.1) is 0 Å². The number of hydrogen-bond donors (Lipinski definition) is 2. The quantitative estimate of drug-likeness (QED) is 0.485. The average molecular weight is 475 g/mol. The van der Waals surface area contributed by atoms with Gasteiger partial charge in [0.05, 0.1) is 16.7 Å². The molecule has 6 nitrogen and oxygen atoms in total. The van der Waals surface area contributed by atoms with Crippen molar-refractivity contribution in [3.05, 3.63) is 29.8 Å². The van der Waals surface area contributed by atoms with Crippen LogP contribution in [0.3, 0.4) is 0 Å². The highest BCUT2D eigenvalue weighted by molar-refractivity contribution is 9.10. The van der Waals surface area contributed by atoms with Gasteiger partial charge in [0.25, 0.3) is 11.8 Å². The topological polar surface area (TPSA) is 84.5 Å². The van der Waals surface area contributed by atoms with Crippen molar-refractivity contribution in [2.45, 2.75) is 61.7 Å². The number of esters is 1. The lowest BCUT2D eigenvalue weighted by Gasteiger charge is -2.58. The van der Waals surface area contributed by atoms with Gasteiger partial charge in [0.2, 0.25) is 0 Å². The molecule has 0 spiro atoms. The summed E-state index contributed by atoms with van der Waals surface area (Å²) in [6.07, 6.45) is 8.03. The third-order valence-electron chi connectivity index (χ3n) is 7.12. The summed E-state index contributed by atoms with van der Waals surface area (Å²) in [7, 11) is 0. The fourth-order valence-electron chi connectivity index (χ4n) is 6.14. The normalized spacial score (nSPS) is 33.8. The zero-order chi connectivity index (χ0) is 20.9. The Labute approximate surface area is 184 Å². The first-order valence-electron chi connectivity index (χ1n) is 10.9. The third kappa shape index (κ3) is 3.88. The Morgan fingerprint density at radius 2 is 1.77 bits per heavy atom. The van der Waals surface area contributed by atoms with Gasteiger partial charge in [-0.25, -0.2) is 0 Å². The first-order chi connectivity index (χ1) is 14.3. The van der Waals surface area contributed by atoms with E-state index in [1.807, 2.05) is 0 Å². The summed E-state index contributed by atoms with van der Waals surface area (Å²) >= 11 is 3.90. The van der Waals surface area contributed by atoms with E-state index in [2.05, 4.69) is 26.6 Å². The van der Waals surface area contributed by atoms with Crippen LogP contribution < -0.4 is 10.6 Å². The molecule has 6 rings (SSSR count). The predicted octanol–water partition coefficient (Wildman–Crippen LogP) is 3.79. The molecule has 0 unspecified atom stereocenters. The number of amides is 2. The summed E-state index contributed by atoms with van der Waals surface area (Å²) < 4.78 is 5.57. The molecule has 2 amide bonds. The predicted molar refractivity (Wildman–Crippen MR) is 115 cm³/mol. The molecular formula is C23H27BrN2O4. The van der Waals surface area contributed by atoms with Gasteiger partial charge in [-0.3, -0.25) is 14.4 Å². The van der Waals surface area contributed by atoms with Crippen molar-refractivity contribution in [1.82, 2.24) is 5.32 Å². The standard InChI is InChI=1S/C23H27BrN2O4/c24-23-10-14-7-15(11-23)9-22(8-14,13-23)21(29)30-12-19(27)26-18-4-2-1-3-17(18)20(28)25-16-5-6-16/h1-4,14-16H,5-13H2,(H,25,28)(H,26,27)/t14-,15-,22?,23?/m0/s1. The lowest BCUT2D eigenvalue weighted by Crippen LogP contribution is -2.56. The molecule has 1 aromatic rings. The van der Waals surface area contributed by atoms with Crippen molar-refractivity contribution < 1.29 is 19.1 Å². The molecule has 7 heteroatoms. The smallest absolute Gasteiger partial charge is 0.312 e. The molecular weight excluding hydrogens is 448 g/mol. The molecule has 4 bridgehead atoms. The van der Waals surface area contributed by atoms with Crippen molar-refractivity contribution in [2.75, 3.05) is 11.9 Å². The largest absolute Gasteiger partial charge is 0.455 e. The second-order valence-corrected chi connectivity index (χ2v) is 11.5. The molecule has 0 aromatic heterocycles. The molecule has 1 aromatic carbocycles. The lowest BCUT2D eigenvalue weighted by atomic mass is 9.49. The van der Waals surface area contributed by atoms with Gasteiger partial charge in [0, 0.05) is 10.4 Å². The van der Waals surface area contributed by atoms with E-state index in [1.54, 1.807) is 24.3 Å². The molecule has 2 N–H and O–H groups in total. The number of anilines is 1. The third-order valence-corrected chi connectivity index (χ3v) is 8.04. The molecule has 5 aliphatic rings. The van der Waals surface area contributed by atoms with Gasteiger partial charge in [-0.05, 0) is 75.3 Å². The number of carbonyl (C=O) groups excluding carboxylic acids is 3. The first kappa shape index (κ1) is 20.0. The number of rotatable bonds is 6. The Kier molecular flexibility index (Phi) is 4.92. The molecule has 5 saturated carbocycles. The number of benzene rings is 1. The van der Waals surface area contributed by atoms with E-state index in [0.29, 0.717) is 23.1 Å². The van der Waals surface area contributed by atoms with Crippen LogP contribution >= 0.6 is 15.9 Å². The Hall–Kier alpha value is -1.89. The number of nitrogens with one attached hydrogen (secondary N) is 2. The van der Waals surface area contributed by atoms with E-state index in [4.69, 9.17) is 4.74 Å². The van der Waals surface area contributed by atoms with E-state index in [0.717, 1.165) is 44.9 Å². The molecule has 0 heterocycles. The molecule has 0 aliphatic heterocycles. The summed E-state index contributed by atoms with van der Waals surface area (Å²) in [5.41, 5.74) is 0.410. The summed E-state index contributed by atoms with van der Waals surface area (Å²) in [5, 5.41) is 5.67. The van der Waals surface area contributed by atoms with Crippen molar-refractivity contribution in [1.29, 1.82) is 0 Å². The highest BCUT2D eigenvalue weighted by atomic mass is 79.9. The van der Waals surface area contributed by atoms with Crippen molar-refractivity contribution in [3.63, 3.8) is 0 Å². The number of carbonyl (C=O) groups is 3. The van der Waals surface area contributed by atoms with Crippen LogP contribution in [0.25, 0.3) is 0 Å². The number of alkyl halides is 1. The average Bonchev–Trinajstić information content (AvgIpc) is 3.48. The SMILES string of the molecule is O=C(COC(=O)C12C[C@@H]3C[C@H](CC(Br)(C3)C1)C2)Nc1ccccc1C(=O)NC1CC1. The second kappa shape index (κ2) is 7.36. The van der Waals surface area contributed by atoms with Crippen LogP contribution in [0.4, 0.5) is 5.69 Å². The van der Waals surface area contributed by atoms with Crippen LogP contribution in [0, 0.1) is 17.3 Å². The number of hydrogen-bond acceptors (Lipinski definition) is 4. The van der Waals surface area contributed by atoms with Gasteiger partial charge in [-0.2, -0.15) is 0 Å². The fourth-order valence-corrected chi connectivity index (χ4v) is 7.59. The molecule has 5 aliphatic carbocycles. The van der Waals surface area contributed by atoms with E-state index in [1.165, 1.54) is 6.42 Å². The van der Waals surface area contributed by atoms with Crippen LogP contribution in [0.15, 0.2) is 24.3 Å². The highest BCUT2D eigenvalue weighted by Gasteiger charge is 2.60. The van der Waals surface area contributed by atoms with Gasteiger partial charge in [-0.1, -0.05) is 28.1 Å². The maximum atomic E-state index is 13.0. The van der Waals surface area contributed by atoms with Crippen LogP contribution in [-0.2, 0) is 14.3 Å². The monoisotopic (exact) mass is 474 g/mol. The minimum absolute atomic E-state index is 0.0617. The number of halogens is 1. The first-order valence-corrected chi connectivity index (χ1v) is 11.7. The van der Waals surface area contributed by atoms with Crippen molar-refractivity contribution in [2.24, 2.45) is 17.3 Å². The fraction of sp³-hybridized carbons (Fsp3) is 0.609. The minimum Gasteiger partial charge on any atom is -0.455 e. The van der Waals surface area contributed by atoms with Crippen molar-refractivity contribution in [3.8, 4) is 0 Å². The van der Waals surface area contributed by atoms with E-state index in [9.17, 15) is 14.4 Å². The van der Waals surface area contributed by atoms with Gasteiger partial charge in [0.15, 0.2) is 6.61 Å². The van der Waals surface area contributed by atoms with E-state index in [-0.39, 0.29) is 28.8 Å². The Balaban J connectivity index is 1.20. The Bertz CT molecular complexity index is 883. The minimum atomic E-state index is -0.448. The molecule has 5 fully saturated rings.